The topological polar surface area (TPSA) is 89.0 Å². The van der Waals surface area contributed by atoms with Crippen LogP contribution in [0.5, 0.6) is 5.88 Å². The van der Waals surface area contributed by atoms with Crippen molar-refractivity contribution in [2.24, 2.45) is 0 Å². The molecule has 1 aromatic heterocycles. The second-order valence-corrected chi connectivity index (χ2v) is 7.17. The molecule has 7 heteroatoms. The van der Waals surface area contributed by atoms with Crippen molar-refractivity contribution in [3.63, 3.8) is 0 Å². The van der Waals surface area contributed by atoms with Crippen molar-refractivity contribution in [3.8, 4) is 17.7 Å². The Morgan fingerprint density at radius 3 is 2.42 bits per heavy atom. The number of nitrogens with zero attached hydrogens (tertiary/aromatic N) is 2. The minimum absolute atomic E-state index is 0.257. The minimum atomic E-state index is -1.30. The number of Topliss-reactive ketones (excluding diaryl/α,β-unsaturated/α-hetero) is 1. The minimum Gasteiger partial charge on any atom is -0.481 e. The SMILES string of the molecule is COc1ccc(C(=O)C#CC2(O)CCN(C(=O)OC(C)(C)C)CC2)cn1. The molecule has 0 saturated carbocycles. The normalized spacial score (nSPS) is 16.3. The molecule has 0 atom stereocenters. The van der Waals surface area contributed by atoms with Crippen molar-refractivity contribution in [2.45, 2.75) is 44.8 Å². The lowest BCUT2D eigenvalue weighted by atomic mass is 9.92. The van der Waals surface area contributed by atoms with E-state index in [0.717, 1.165) is 0 Å². The fourth-order valence-electron chi connectivity index (χ4n) is 2.39. The zero-order valence-corrected chi connectivity index (χ0v) is 15.5. The fraction of sp³-hybridized carbons (Fsp3) is 0.526. The van der Waals surface area contributed by atoms with Crippen molar-refractivity contribution >= 4 is 11.9 Å². The predicted molar refractivity (Wildman–Crippen MR) is 94.9 cm³/mol. The molecule has 0 unspecified atom stereocenters. The summed E-state index contributed by atoms with van der Waals surface area (Å²) in [5.41, 5.74) is -1.54. The molecule has 1 amide bonds. The van der Waals surface area contributed by atoms with Gasteiger partial charge in [0.05, 0.1) is 7.11 Å². The van der Waals surface area contributed by atoms with Crippen LogP contribution in [0.2, 0.25) is 0 Å². The van der Waals surface area contributed by atoms with Gasteiger partial charge in [-0.25, -0.2) is 9.78 Å². The van der Waals surface area contributed by atoms with E-state index < -0.39 is 23.1 Å². The lowest BCUT2D eigenvalue weighted by Gasteiger charge is -2.35. The highest BCUT2D eigenvalue weighted by atomic mass is 16.6. The molecule has 0 spiro atoms. The first-order valence-electron chi connectivity index (χ1n) is 8.40. The summed E-state index contributed by atoms with van der Waals surface area (Å²) in [6.07, 6.45) is 1.49. The van der Waals surface area contributed by atoms with Gasteiger partial charge in [-0.3, -0.25) is 4.79 Å². The summed E-state index contributed by atoms with van der Waals surface area (Å²) in [5.74, 6) is 5.10. The summed E-state index contributed by atoms with van der Waals surface area (Å²) in [7, 11) is 1.49. The van der Waals surface area contributed by atoms with E-state index in [9.17, 15) is 14.7 Å². The summed E-state index contributed by atoms with van der Waals surface area (Å²) in [6, 6.07) is 3.14. The molecule has 0 aromatic carbocycles. The van der Waals surface area contributed by atoms with E-state index in [2.05, 4.69) is 16.8 Å². The molecule has 0 radical (unpaired) electrons. The summed E-state index contributed by atoms with van der Waals surface area (Å²) < 4.78 is 10.3. The molecule has 1 aliphatic heterocycles. The van der Waals surface area contributed by atoms with Gasteiger partial charge < -0.3 is 19.5 Å². The smallest absolute Gasteiger partial charge is 0.410 e. The Kier molecular flexibility index (Phi) is 5.88. The summed E-state index contributed by atoms with van der Waals surface area (Å²) in [5, 5.41) is 10.5. The number of carbonyl (C=O) groups is 2. The Hall–Kier alpha value is -2.59. The number of aliphatic hydroxyl groups is 1. The van der Waals surface area contributed by atoms with E-state index in [1.165, 1.54) is 18.2 Å². The number of likely N-dealkylation sites (tertiary alicyclic amines) is 1. The quantitative estimate of drug-likeness (QED) is 0.493. The van der Waals surface area contributed by atoms with Crippen LogP contribution < -0.4 is 4.74 Å². The van der Waals surface area contributed by atoms with E-state index in [0.29, 0.717) is 24.5 Å². The van der Waals surface area contributed by atoms with Gasteiger partial charge in [0.2, 0.25) is 11.7 Å². The fourth-order valence-corrected chi connectivity index (χ4v) is 2.39. The number of hydrogen-bond donors (Lipinski definition) is 1. The Balaban J connectivity index is 1.95. The van der Waals surface area contributed by atoms with Crippen molar-refractivity contribution < 1.29 is 24.2 Å². The maximum atomic E-state index is 12.1. The molecule has 2 heterocycles. The van der Waals surface area contributed by atoms with Gasteiger partial charge >= 0.3 is 6.09 Å². The van der Waals surface area contributed by atoms with Gasteiger partial charge in [0.15, 0.2) is 0 Å². The molecule has 140 valence electrons. The van der Waals surface area contributed by atoms with Crippen LogP contribution in [0.1, 0.15) is 44.0 Å². The van der Waals surface area contributed by atoms with Crippen LogP contribution in [0.4, 0.5) is 4.79 Å². The molecule has 7 nitrogen and oxygen atoms in total. The first-order valence-corrected chi connectivity index (χ1v) is 8.40. The molecule has 1 aromatic rings. The van der Waals surface area contributed by atoms with Gasteiger partial charge in [-0.2, -0.15) is 0 Å². The highest BCUT2D eigenvalue weighted by molar-refractivity contribution is 6.08. The van der Waals surface area contributed by atoms with Crippen LogP contribution >= 0.6 is 0 Å². The molecule has 1 fully saturated rings. The van der Waals surface area contributed by atoms with Crippen LogP contribution in [-0.2, 0) is 4.74 Å². The van der Waals surface area contributed by atoms with Gasteiger partial charge in [-0.05, 0) is 32.8 Å². The molecular formula is C19H24N2O5. The van der Waals surface area contributed by atoms with E-state index in [-0.39, 0.29) is 12.8 Å². The van der Waals surface area contributed by atoms with Crippen molar-refractivity contribution in [3.05, 3.63) is 23.9 Å². The second kappa shape index (κ2) is 7.75. The van der Waals surface area contributed by atoms with Gasteiger partial charge in [0.1, 0.15) is 11.2 Å². The lowest BCUT2D eigenvalue weighted by Crippen LogP contribution is -2.47. The first kappa shape index (κ1) is 19.7. The first-order chi connectivity index (χ1) is 12.1. The number of pyridine rings is 1. The Morgan fingerprint density at radius 2 is 1.92 bits per heavy atom. The van der Waals surface area contributed by atoms with Crippen LogP contribution in [0.15, 0.2) is 18.3 Å². The van der Waals surface area contributed by atoms with Crippen LogP contribution in [0, 0.1) is 11.8 Å². The molecular weight excluding hydrogens is 336 g/mol. The van der Waals surface area contributed by atoms with Crippen LogP contribution in [0.3, 0.4) is 0 Å². The number of rotatable bonds is 2. The van der Waals surface area contributed by atoms with E-state index in [4.69, 9.17) is 9.47 Å². The average molecular weight is 360 g/mol. The maximum Gasteiger partial charge on any atom is 0.410 e. The van der Waals surface area contributed by atoms with E-state index >= 15 is 0 Å². The maximum absolute atomic E-state index is 12.1. The number of ketones is 1. The van der Waals surface area contributed by atoms with E-state index in [1.54, 1.807) is 32.9 Å². The van der Waals surface area contributed by atoms with Crippen molar-refractivity contribution in [1.82, 2.24) is 9.88 Å². The number of aromatic nitrogens is 1. The highest BCUT2D eigenvalue weighted by Gasteiger charge is 2.34. The molecule has 0 bridgehead atoms. The third kappa shape index (κ3) is 5.46. The molecule has 1 N–H and O–H groups in total. The number of methoxy groups -OCH3 is 1. The standard InChI is InChI=1S/C19H24N2O5/c1-18(2,3)26-17(23)21-11-9-19(24,10-12-21)8-7-15(22)14-5-6-16(25-4)20-13-14/h5-6,13,24H,9-12H2,1-4H3. The van der Waals surface area contributed by atoms with Gasteiger partial charge in [-0.15, -0.1) is 0 Å². The largest absolute Gasteiger partial charge is 0.481 e. The predicted octanol–water partition coefficient (Wildman–Crippen LogP) is 2.04. The van der Waals surface area contributed by atoms with Crippen LogP contribution in [0.25, 0.3) is 0 Å². The molecule has 1 aliphatic rings. The Labute approximate surface area is 153 Å². The van der Waals surface area contributed by atoms with Crippen LogP contribution in [-0.4, -0.2) is 58.3 Å². The van der Waals surface area contributed by atoms with Gasteiger partial charge in [0, 0.05) is 43.8 Å². The number of ether oxygens (including phenoxy) is 2. The number of carbonyl (C=O) groups excluding carboxylic acids is 2. The van der Waals surface area contributed by atoms with Crippen molar-refractivity contribution in [1.29, 1.82) is 0 Å². The number of hydrogen-bond acceptors (Lipinski definition) is 6. The molecule has 0 aliphatic carbocycles. The zero-order valence-electron chi connectivity index (χ0n) is 15.5. The van der Waals surface area contributed by atoms with E-state index in [1.807, 2.05) is 0 Å². The third-order valence-corrected chi connectivity index (χ3v) is 3.86. The summed E-state index contributed by atoms with van der Waals surface area (Å²) in [4.78, 5) is 29.6. The highest BCUT2D eigenvalue weighted by Crippen LogP contribution is 2.23. The van der Waals surface area contributed by atoms with Gasteiger partial charge in [0.25, 0.3) is 0 Å². The van der Waals surface area contributed by atoms with Gasteiger partial charge in [-0.1, -0.05) is 5.92 Å². The zero-order chi connectivity index (χ0) is 19.4. The molecule has 26 heavy (non-hydrogen) atoms. The number of piperidine rings is 1. The monoisotopic (exact) mass is 360 g/mol. The number of amides is 1. The molecule has 2 rings (SSSR count). The lowest BCUT2D eigenvalue weighted by molar-refractivity contribution is -0.00519. The molecule has 1 saturated heterocycles. The Morgan fingerprint density at radius 1 is 1.27 bits per heavy atom. The second-order valence-electron chi connectivity index (χ2n) is 7.17. The Bertz CT molecular complexity index is 717. The summed E-state index contributed by atoms with van der Waals surface area (Å²) in [6.45, 7) is 6.04. The van der Waals surface area contributed by atoms with Crippen molar-refractivity contribution in [2.75, 3.05) is 20.2 Å². The third-order valence-electron chi connectivity index (χ3n) is 3.86. The average Bonchev–Trinajstić information content (AvgIpc) is 2.59. The summed E-state index contributed by atoms with van der Waals surface area (Å²) >= 11 is 0.